The second-order valence-electron chi connectivity index (χ2n) is 2.27. The second-order valence-corrected chi connectivity index (χ2v) is 3.33. The lowest BCUT2D eigenvalue weighted by Gasteiger charge is -1.96. The van der Waals surface area contributed by atoms with E-state index in [4.69, 9.17) is 0 Å². The number of aldehydes is 1. The number of aromatic nitrogens is 2. The van der Waals surface area contributed by atoms with E-state index in [-0.39, 0.29) is 0 Å². The zero-order valence-electron chi connectivity index (χ0n) is 6.86. The van der Waals surface area contributed by atoms with Crippen LogP contribution < -0.4 is 0 Å². The van der Waals surface area contributed by atoms with Crippen molar-refractivity contribution < 1.29 is 4.79 Å². The van der Waals surface area contributed by atoms with E-state index in [0.717, 1.165) is 23.6 Å². The van der Waals surface area contributed by atoms with Gasteiger partial charge in [-0.25, -0.2) is 9.97 Å². The van der Waals surface area contributed by atoms with Crippen LogP contribution in [0.3, 0.4) is 0 Å². The summed E-state index contributed by atoms with van der Waals surface area (Å²) in [7, 11) is 0. The third-order valence-electron chi connectivity index (χ3n) is 1.22. The maximum absolute atomic E-state index is 10.2. The van der Waals surface area contributed by atoms with E-state index in [1.165, 1.54) is 12.4 Å². The van der Waals surface area contributed by atoms with Crippen molar-refractivity contribution in [3.63, 3.8) is 0 Å². The summed E-state index contributed by atoms with van der Waals surface area (Å²) in [6, 6.07) is 0. The fraction of sp³-hybridized carbons (Fsp3) is 0.375. The van der Waals surface area contributed by atoms with Crippen LogP contribution >= 0.6 is 11.8 Å². The average molecular weight is 182 g/mol. The predicted molar refractivity (Wildman–Crippen MR) is 48.4 cm³/mol. The third-order valence-corrected chi connectivity index (χ3v) is 2.30. The first-order valence-corrected chi connectivity index (χ1v) is 4.75. The Kier molecular flexibility index (Phi) is 3.73. The highest BCUT2D eigenvalue weighted by atomic mass is 32.2. The molecule has 0 atom stereocenters. The lowest BCUT2D eigenvalue weighted by molar-refractivity contribution is 0.112. The van der Waals surface area contributed by atoms with Gasteiger partial charge in [-0.3, -0.25) is 4.79 Å². The highest BCUT2D eigenvalue weighted by Gasteiger charge is 1.95. The fourth-order valence-electron chi connectivity index (χ4n) is 0.655. The average Bonchev–Trinajstić information content (AvgIpc) is 2.15. The molecule has 0 bridgehead atoms. The predicted octanol–water partition coefficient (Wildman–Crippen LogP) is 1.79. The second kappa shape index (κ2) is 4.87. The van der Waals surface area contributed by atoms with Crippen molar-refractivity contribution in [1.29, 1.82) is 0 Å². The summed E-state index contributed by atoms with van der Waals surface area (Å²) in [5.41, 5.74) is 0.524. The number of carbonyl (C=O) groups excluding carboxylic acids is 1. The van der Waals surface area contributed by atoms with Gasteiger partial charge in [-0.15, -0.1) is 0 Å². The van der Waals surface area contributed by atoms with Crippen LogP contribution in [0.1, 0.15) is 23.7 Å². The van der Waals surface area contributed by atoms with E-state index in [9.17, 15) is 4.79 Å². The Morgan fingerprint density at radius 1 is 1.50 bits per heavy atom. The zero-order chi connectivity index (χ0) is 8.81. The van der Waals surface area contributed by atoms with Crippen LogP contribution in [0.4, 0.5) is 0 Å². The maximum atomic E-state index is 10.2. The van der Waals surface area contributed by atoms with Crippen LogP contribution in [0.5, 0.6) is 0 Å². The zero-order valence-corrected chi connectivity index (χ0v) is 7.67. The number of carbonyl (C=O) groups is 1. The molecule has 0 amide bonds. The first kappa shape index (κ1) is 9.19. The van der Waals surface area contributed by atoms with Crippen LogP contribution in [0.2, 0.25) is 0 Å². The molecule has 0 aliphatic heterocycles. The van der Waals surface area contributed by atoms with Crippen molar-refractivity contribution in [2.45, 2.75) is 18.5 Å². The summed E-state index contributed by atoms with van der Waals surface area (Å²) < 4.78 is 0. The van der Waals surface area contributed by atoms with Gasteiger partial charge in [-0.1, -0.05) is 18.7 Å². The van der Waals surface area contributed by atoms with Crippen LogP contribution in [0.25, 0.3) is 0 Å². The Bertz CT molecular complexity index is 248. The van der Waals surface area contributed by atoms with Crippen LogP contribution in [0.15, 0.2) is 17.6 Å². The van der Waals surface area contributed by atoms with Crippen molar-refractivity contribution in [3.8, 4) is 0 Å². The topological polar surface area (TPSA) is 42.9 Å². The SMILES string of the molecule is CCCSc1ncc(C=O)cn1. The minimum atomic E-state index is 0.524. The summed E-state index contributed by atoms with van der Waals surface area (Å²) in [4.78, 5) is 18.3. The Balaban J connectivity index is 2.58. The van der Waals surface area contributed by atoms with Crippen LogP contribution in [-0.4, -0.2) is 22.0 Å². The van der Waals surface area contributed by atoms with E-state index in [2.05, 4.69) is 16.9 Å². The van der Waals surface area contributed by atoms with Gasteiger partial charge in [-0.2, -0.15) is 0 Å². The molecule has 0 spiro atoms. The first-order chi connectivity index (χ1) is 5.86. The van der Waals surface area contributed by atoms with E-state index >= 15 is 0 Å². The van der Waals surface area contributed by atoms with Crippen LogP contribution in [0, 0.1) is 0 Å². The van der Waals surface area contributed by atoms with Gasteiger partial charge in [0.1, 0.15) is 0 Å². The molecule has 0 saturated heterocycles. The first-order valence-electron chi connectivity index (χ1n) is 3.77. The molecule has 0 N–H and O–H groups in total. The molecule has 0 aliphatic rings. The summed E-state index contributed by atoms with van der Waals surface area (Å²) in [5, 5.41) is 0.738. The highest BCUT2D eigenvalue weighted by Crippen LogP contribution is 2.11. The molecule has 0 aromatic carbocycles. The van der Waals surface area contributed by atoms with Gasteiger partial charge in [0.15, 0.2) is 11.4 Å². The molecule has 1 heterocycles. The smallest absolute Gasteiger partial charge is 0.187 e. The Morgan fingerprint density at radius 2 is 2.17 bits per heavy atom. The lowest BCUT2D eigenvalue weighted by atomic mass is 10.4. The Morgan fingerprint density at radius 3 is 2.67 bits per heavy atom. The van der Waals surface area contributed by atoms with Gasteiger partial charge in [0.2, 0.25) is 0 Å². The van der Waals surface area contributed by atoms with E-state index < -0.39 is 0 Å². The van der Waals surface area contributed by atoms with E-state index in [1.807, 2.05) is 0 Å². The number of hydrogen-bond acceptors (Lipinski definition) is 4. The molecular formula is C8H10N2OS. The minimum Gasteiger partial charge on any atom is -0.298 e. The van der Waals surface area contributed by atoms with Gasteiger partial charge in [0.05, 0.1) is 5.56 Å². The molecule has 12 heavy (non-hydrogen) atoms. The van der Waals surface area contributed by atoms with Crippen molar-refractivity contribution in [3.05, 3.63) is 18.0 Å². The standard InChI is InChI=1S/C8H10N2OS/c1-2-3-12-8-9-4-7(6-11)5-10-8/h4-6H,2-3H2,1H3. The molecule has 1 aromatic rings. The molecule has 1 rings (SSSR count). The van der Waals surface area contributed by atoms with Gasteiger partial charge < -0.3 is 0 Å². The molecule has 0 unspecified atom stereocenters. The van der Waals surface area contributed by atoms with Gasteiger partial charge >= 0.3 is 0 Å². The summed E-state index contributed by atoms with van der Waals surface area (Å²) in [6.07, 6.45) is 4.92. The van der Waals surface area contributed by atoms with E-state index in [0.29, 0.717) is 5.56 Å². The Hall–Kier alpha value is -0.900. The highest BCUT2D eigenvalue weighted by molar-refractivity contribution is 7.99. The lowest BCUT2D eigenvalue weighted by Crippen LogP contribution is -1.89. The number of rotatable bonds is 4. The third kappa shape index (κ3) is 2.62. The molecule has 0 saturated carbocycles. The number of nitrogens with zero attached hydrogens (tertiary/aromatic N) is 2. The van der Waals surface area contributed by atoms with Gasteiger partial charge in [0.25, 0.3) is 0 Å². The molecule has 1 aromatic heterocycles. The molecule has 4 heteroatoms. The monoisotopic (exact) mass is 182 g/mol. The normalized spacial score (nSPS) is 9.75. The molecule has 3 nitrogen and oxygen atoms in total. The fourth-order valence-corrected chi connectivity index (χ4v) is 1.30. The minimum absolute atomic E-state index is 0.524. The summed E-state index contributed by atoms with van der Waals surface area (Å²) >= 11 is 1.60. The van der Waals surface area contributed by atoms with Crippen molar-refractivity contribution in [2.24, 2.45) is 0 Å². The molecule has 0 radical (unpaired) electrons. The molecule has 0 fully saturated rings. The summed E-state index contributed by atoms with van der Waals surface area (Å²) in [5.74, 6) is 1.01. The van der Waals surface area contributed by atoms with Crippen LogP contribution in [-0.2, 0) is 0 Å². The number of thioether (sulfide) groups is 1. The largest absolute Gasteiger partial charge is 0.298 e. The molecule has 0 aliphatic carbocycles. The van der Waals surface area contributed by atoms with Gasteiger partial charge in [0, 0.05) is 18.1 Å². The molecule has 64 valence electrons. The van der Waals surface area contributed by atoms with Crippen molar-refractivity contribution >= 4 is 18.0 Å². The van der Waals surface area contributed by atoms with Crippen molar-refractivity contribution in [2.75, 3.05) is 5.75 Å². The van der Waals surface area contributed by atoms with E-state index in [1.54, 1.807) is 11.8 Å². The quantitative estimate of drug-likeness (QED) is 0.404. The number of hydrogen-bond donors (Lipinski definition) is 0. The maximum Gasteiger partial charge on any atom is 0.187 e. The van der Waals surface area contributed by atoms with Crippen molar-refractivity contribution in [1.82, 2.24) is 9.97 Å². The molecular weight excluding hydrogens is 172 g/mol. The van der Waals surface area contributed by atoms with Gasteiger partial charge in [-0.05, 0) is 6.42 Å². The Labute approximate surface area is 75.6 Å². The summed E-state index contributed by atoms with van der Waals surface area (Å²) in [6.45, 7) is 2.10.